The summed E-state index contributed by atoms with van der Waals surface area (Å²) in [7, 11) is 1.34. The summed E-state index contributed by atoms with van der Waals surface area (Å²) in [6.45, 7) is 0. The zero-order valence-electron chi connectivity index (χ0n) is 14.9. The third kappa shape index (κ3) is 4.54. The second-order valence-corrected chi connectivity index (χ2v) is 7.19. The maximum atomic E-state index is 12.2. The molecule has 1 heterocycles. The van der Waals surface area contributed by atoms with E-state index in [4.69, 9.17) is 22.7 Å². The summed E-state index contributed by atoms with van der Waals surface area (Å²) in [5, 5.41) is 6.95. The van der Waals surface area contributed by atoms with E-state index in [9.17, 15) is 9.59 Å². The lowest BCUT2D eigenvalue weighted by Crippen LogP contribution is -2.20. The second kappa shape index (κ2) is 8.64. The van der Waals surface area contributed by atoms with Crippen molar-refractivity contribution in [1.29, 1.82) is 0 Å². The third-order valence-electron chi connectivity index (χ3n) is 3.85. The maximum Gasteiger partial charge on any atom is 0.340 e. The zero-order chi connectivity index (χ0) is 20.1. The van der Waals surface area contributed by atoms with Gasteiger partial charge in [0.05, 0.1) is 12.7 Å². The maximum absolute atomic E-state index is 12.2. The van der Waals surface area contributed by atoms with Crippen molar-refractivity contribution in [3.8, 4) is 10.4 Å². The van der Waals surface area contributed by atoms with Crippen LogP contribution in [0.1, 0.15) is 20.7 Å². The number of anilines is 2. The first kappa shape index (κ1) is 19.5. The minimum absolute atomic E-state index is 0.304. The molecule has 1 amide bonds. The van der Waals surface area contributed by atoms with Gasteiger partial charge in [0.1, 0.15) is 5.00 Å². The van der Waals surface area contributed by atoms with E-state index in [-0.39, 0.29) is 0 Å². The molecule has 0 aliphatic rings. The summed E-state index contributed by atoms with van der Waals surface area (Å²) in [6.07, 6.45) is 0. The lowest BCUT2D eigenvalue weighted by atomic mass is 10.1. The third-order valence-corrected chi connectivity index (χ3v) is 5.15. The molecule has 0 radical (unpaired) electrons. The molecule has 6 nitrogen and oxygen atoms in total. The standard InChI is InChI=1S/C20H17N3O3S2/c1-26-19(25)15-11-16(12-5-3-2-4-6-12)28-18(15)23-20(27)22-14-9-7-13(8-10-14)17(21)24/h2-11H,1H3,(H2,21,24)(H2,22,23,27). The Labute approximate surface area is 171 Å². The smallest absolute Gasteiger partial charge is 0.340 e. The van der Waals surface area contributed by atoms with Crippen molar-refractivity contribution in [2.24, 2.45) is 5.73 Å². The van der Waals surface area contributed by atoms with Crippen molar-refractivity contribution in [2.75, 3.05) is 17.7 Å². The van der Waals surface area contributed by atoms with Crippen LogP contribution in [-0.4, -0.2) is 24.1 Å². The lowest BCUT2D eigenvalue weighted by Gasteiger charge is -2.10. The Morgan fingerprint density at radius 2 is 1.71 bits per heavy atom. The molecule has 8 heteroatoms. The van der Waals surface area contributed by atoms with Gasteiger partial charge >= 0.3 is 5.97 Å². The van der Waals surface area contributed by atoms with Gasteiger partial charge in [-0.1, -0.05) is 30.3 Å². The Kier molecular flexibility index (Phi) is 6.03. The van der Waals surface area contributed by atoms with Crippen molar-refractivity contribution < 1.29 is 14.3 Å². The largest absolute Gasteiger partial charge is 0.465 e. The van der Waals surface area contributed by atoms with Crippen molar-refractivity contribution in [3.63, 3.8) is 0 Å². The molecule has 3 aromatic rings. The number of thiocarbonyl (C=S) groups is 1. The highest BCUT2D eigenvalue weighted by molar-refractivity contribution is 7.80. The van der Waals surface area contributed by atoms with Crippen LogP contribution < -0.4 is 16.4 Å². The predicted molar refractivity (Wildman–Crippen MR) is 116 cm³/mol. The van der Waals surface area contributed by atoms with Crippen LogP contribution in [0.3, 0.4) is 0 Å². The second-order valence-electron chi connectivity index (χ2n) is 5.73. The number of benzene rings is 2. The fraction of sp³-hybridized carbons (Fsp3) is 0.0500. The number of carbonyl (C=O) groups is 2. The number of esters is 1. The Morgan fingerprint density at radius 1 is 1.04 bits per heavy atom. The summed E-state index contributed by atoms with van der Waals surface area (Å²) in [4.78, 5) is 24.2. The molecule has 28 heavy (non-hydrogen) atoms. The molecular weight excluding hydrogens is 394 g/mol. The monoisotopic (exact) mass is 411 g/mol. The molecule has 0 saturated heterocycles. The van der Waals surface area contributed by atoms with E-state index in [1.165, 1.54) is 18.4 Å². The molecular formula is C20H17N3O3S2. The number of methoxy groups -OCH3 is 1. The molecule has 0 saturated carbocycles. The van der Waals surface area contributed by atoms with Gasteiger partial charge in [0, 0.05) is 16.1 Å². The number of thiophene rings is 1. The van der Waals surface area contributed by atoms with Gasteiger partial charge in [-0.3, -0.25) is 4.79 Å². The number of hydrogen-bond acceptors (Lipinski definition) is 5. The summed E-state index contributed by atoms with van der Waals surface area (Å²) < 4.78 is 4.88. The SMILES string of the molecule is COC(=O)c1cc(-c2ccccc2)sc1NC(=S)Nc1ccc(C(N)=O)cc1. The molecule has 142 valence electrons. The Hall–Kier alpha value is -3.23. The van der Waals surface area contributed by atoms with E-state index in [1.54, 1.807) is 30.3 Å². The van der Waals surface area contributed by atoms with Gasteiger partial charge in [-0.2, -0.15) is 0 Å². The van der Waals surface area contributed by atoms with Crippen LogP contribution in [0, 0.1) is 0 Å². The lowest BCUT2D eigenvalue weighted by molar-refractivity contribution is 0.0602. The molecule has 2 aromatic carbocycles. The first-order chi connectivity index (χ1) is 13.5. The number of amides is 1. The van der Waals surface area contributed by atoms with Gasteiger partial charge in [-0.05, 0) is 48.1 Å². The van der Waals surface area contributed by atoms with Crippen LogP contribution in [0.2, 0.25) is 0 Å². The van der Waals surface area contributed by atoms with Gasteiger partial charge < -0.3 is 21.1 Å². The topological polar surface area (TPSA) is 93.4 Å². The molecule has 0 unspecified atom stereocenters. The quantitative estimate of drug-likeness (QED) is 0.432. The van der Waals surface area contributed by atoms with Gasteiger partial charge in [0.25, 0.3) is 0 Å². The number of ether oxygens (including phenoxy) is 1. The number of hydrogen-bond donors (Lipinski definition) is 3. The summed E-state index contributed by atoms with van der Waals surface area (Å²) in [6, 6.07) is 18.1. The number of nitrogens with one attached hydrogen (secondary N) is 2. The molecule has 0 atom stereocenters. The Balaban J connectivity index is 1.80. The van der Waals surface area contributed by atoms with Gasteiger partial charge in [-0.25, -0.2) is 4.79 Å². The van der Waals surface area contributed by atoms with E-state index in [1.807, 2.05) is 30.3 Å². The van der Waals surface area contributed by atoms with Crippen LogP contribution in [0.4, 0.5) is 10.7 Å². The number of carbonyl (C=O) groups excluding carboxylic acids is 2. The fourth-order valence-corrected chi connectivity index (χ4v) is 3.81. The summed E-state index contributed by atoms with van der Waals surface area (Å²) in [5.74, 6) is -0.948. The van der Waals surface area contributed by atoms with Crippen LogP contribution in [0.25, 0.3) is 10.4 Å². The molecule has 4 N–H and O–H groups in total. The molecule has 0 aliphatic heterocycles. The minimum Gasteiger partial charge on any atom is -0.465 e. The van der Waals surface area contributed by atoms with E-state index in [0.717, 1.165) is 10.4 Å². The molecule has 0 bridgehead atoms. The Bertz CT molecular complexity index is 1010. The molecule has 0 spiro atoms. The molecule has 1 aromatic heterocycles. The average molecular weight is 412 g/mol. The summed E-state index contributed by atoms with van der Waals surface area (Å²) in [5.41, 5.74) is 7.72. The fourth-order valence-electron chi connectivity index (χ4n) is 2.47. The van der Waals surface area contributed by atoms with Gasteiger partial charge in [-0.15, -0.1) is 11.3 Å². The average Bonchev–Trinajstić information content (AvgIpc) is 3.12. The highest BCUT2D eigenvalue weighted by Crippen LogP contribution is 2.36. The molecule has 0 aliphatic carbocycles. The highest BCUT2D eigenvalue weighted by Gasteiger charge is 2.18. The van der Waals surface area contributed by atoms with E-state index in [2.05, 4.69) is 10.6 Å². The number of rotatable bonds is 5. The number of nitrogens with two attached hydrogens (primary N) is 1. The van der Waals surface area contributed by atoms with Crippen molar-refractivity contribution in [3.05, 3.63) is 71.8 Å². The highest BCUT2D eigenvalue weighted by atomic mass is 32.1. The van der Waals surface area contributed by atoms with E-state index >= 15 is 0 Å². The van der Waals surface area contributed by atoms with Gasteiger partial charge in [0.2, 0.25) is 5.91 Å². The van der Waals surface area contributed by atoms with Crippen LogP contribution >= 0.6 is 23.6 Å². The first-order valence-electron chi connectivity index (χ1n) is 8.23. The van der Waals surface area contributed by atoms with Crippen molar-refractivity contribution >= 4 is 51.2 Å². The normalized spacial score (nSPS) is 10.2. The van der Waals surface area contributed by atoms with Gasteiger partial charge in [0.15, 0.2) is 5.11 Å². The zero-order valence-corrected chi connectivity index (χ0v) is 16.5. The summed E-state index contributed by atoms with van der Waals surface area (Å²) >= 11 is 6.75. The Morgan fingerprint density at radius 3 is 2.32 bits per heavy atom. The van der Waals surface area contributed by atoms with E-state index in [0.29, 0.717) is 26.9 Å². The first-order valence-corrected chi connectivity index (χ1v) is 9.46. The molecule has 3 rings (SSSR count). The number of primary amides is 1. The van der Waals surface area contributed by atoms with Crippen LogP contribution in [-0.2, 0) is 4.74 Å². The van der Waals surface area contributed by atoms with Crippen LogP contribution in [0.5, 0.6) is 0 Å². The van der Waals surface area contributed by atoms with E-state index < -0.39 is 11.9 Å². The molecule has 0 fully saturated rings. The van der Waals surface area contributed by atoms with Crippen molar-refractivity contribution in [1.82, 2.24) is 0 Å². The van der Waals surface area contributed by atoms with Crippen molar-refractivity contribution in [2.45, 2.75) is 0 Å². The van der Waals surface area contributed by atoms with Crippen LogP contribution in [0.15, 0.2) is 60.7 Å². The predicted octanol–water partition coefficient (Wildman–Crippen LogP) is 4.11. The minimum atomic E-state index is -0.498.